The van der Waals surface area contributed by atoms with Gasteiger partial charge >= 0.3 is 6.18 Å². The summed E-state index contributed by atoms with van der Waals surface area (Å²) < 4.78 is 38.6. The van der Waals surface area contributed by atoms with Crippen LogP contribution in [0.15, 0.2) is 30.3 Å². The lowest BCUT2D eigenvalue weighted by Gasteiger charge is -2.22. The van der Waals surface area contributed by atoms with Crippen LogP contribution in [0.5, 0.6) is 0 Å². The highest BCUT2D eigenvalue weighted by atomic mass is 19.4. The minimum atomic E-state index is -4.13. The molecular weight excluding hydrogens is 275 g/mol. The first-order valence-corrected chi connectivity index (χ1v) is 7.91. The normalized spacial score (nSPS) is 38.3. The van der Waals surface area contributed by atoms with Gasteiger partial charge in [0.05, 0.1) is 6.42 Å². The lowest BCUT2D eigenvalue weighted by atomic mass is 10.0. The van der Waals surface area contributed by atoms with Gasteiger partial charge in [0.1, 0.15) is 0 Å². The van der Waals surface area contributed by atoms with Crippen molar-refractivity contribution in [1.29, 1.82) is 0 Å². The molecule has 21 heavy (non-hydrogen) atoms. The van der Waals surface area contributed by atoms with Gasteiger partial charge in [0, 0.05) is 12.1 Å². The fourth-order valence-corrected chi connectivity index (χ4v) is 4.97. The Morgan fingerprint density at radius 2 is 1.67 bits per heavy atom. The highest BCUT2D eigenvalue weighted by Crippen LogP contribution is 2.66. The van der Waals surface area contributed by atoms with Gasteiger partial charge < -0.3 is 5.32 Å². The number of hydrogen-bond donors (Lipinski definition) is 1. The third-order valence-electron chi connectivity index (χ3n) is 5.77. The quantitative estimate of drug-likeness (QED) is 0.872. The summed E-state index contributed by atoms with van der Waals surface area (Å²) in [6.45, 7) is 0. The maximum absolute atomic E-state index is 12.9. The Bertz CT molecular complexity index is 497. The van der Waals surface area contributed by atoms with Crippen molar-refractivity contribution < 1.29 is 13.2 Å². The monoisotopic (exact) mass is 295 g/mol. The van der Waals surface area contributed by atoms with Gasteiger partial charge in [0.25, 0.3) is 0 Å². The molecule has 0 radical (unpaired) electrons. The first-order chi connectivity index (χ1) is 10.0. The molecule has 3 saturated carbocycles. The van der Waals surface area contributed by atoms with Crippen molar-refractivity contribution in [2.24, 2.45) is 23.7 Å². The molecule has 1 aromatic carbocycles. The Hall–Kier alpha value is -1.03. The van der Waals surface area contributed by atoms with Crippen LogP contribution in [-0.2, 0) is 0 Å². The number of alkyl halides is 3. The molecule has 5 unspecified atom stereocenters. The maximum Gasteiger partial charge on any atom is 0.390 e. The smallest absolute Gasteiger partial charge is 0.306 e. The molecular formula is C17H20F3N. The number of benzene rings is 1. The van der Waals surface area contributed by atoms with Crippen molar-refractivity contribution in [3.63, 3.8) is 0 Å². The second kappa shape index (κ2) is 4.73. The van der Waals surface area contributed by atoms with Gasteiger partial charge in [0.2, 0.25) is 0 Å². The topological polar surface area (TPSA) is 12.0 Å². The van der Waals surface area contributed by atoms with Gasteiger partial charge in [-0.3, -0.25) is 0 Å². The third-order valence-corrected chi connectivity index (χ3v) is 5.77. The SMILES string of the molecule is FC(F)(F)CC(NC1C2C3CCC(C3)C12)c1ccccc1. The van der Waals surface area contributed by atoms with E-state index in [1.54, 1.807) is 12.1 Å². The summed E-state index contributed by atoms with van der Waals surface area (Å²) in [5.74, 6) is 2.87. The third kappa shape index (κ3) is 2.48. The summed E-state index contributed by atoms with van der Waals surface area (Å²) in [5, 5.41) is 3.35. The molecule has 0 amide bonds. The number of rotatable bonds is 4. The molecule has 114 valence electrons. The fourth-order valence-electron chi connectivity index (χ4n) is 4.97. The first kappa shape index (κ1) is 13.6. The molecule has 3 fully saturated rings. The molecule has 0 spiro atoms. The van der Waals surface area contributed by atoms with Gasteiger partial charge in [-0.05, 0) is 48.5 Å². The van der Waals surface area contributed by atoms with Crippen molar-refractivity contribution in [3.8, 4) is 0 Å². The molecule has 1 aromatic rings. The number of hydrogen-bond acceptors (Lipinski definition) is 1. The van der Waals surface area contributed by atoms with Gasteiger partial charge in [-0.25, -0.2) is 0 Å². The van der Waals surface area contributed by atoms with Crippen LogP contribution in [0.3, 0.4) is 0 Å². The first-order valence-electron chi connectivity index (χ1n) is 7.91. The van der Waals surface area contributed by atoms with E-state index in [0.29, 0.717) is 17.9 Å². The van der Waals surface area contributed by atoms with E-state index in [4.69, 9.17) is 0 Å². The molecule has 1 nitrogen and oxygen atoms in total. The zero-order chi connectivity index (χ0) is 14.6. The predicted octanol–water partition coefficient (Wildman–Crippen LogP) is 4.31. The van der Waals surface area contributed by atoms with Crippen molar-refractivity contribution in [3.05, 3.63) is 35.9 Å². The van der Waals surface area contributed by atoms with Crippen molar-refractivity contribution >= 4 is 0 Å². The summed E-state index contributed by atoms with van der Waals surface area (Å²) in [6, 6.07) is 8.81. The average Bonchev–Trinajstić information content (AvgIpc) is 2.82. The summed E-state index contributed by atoms with van der Waals surface area (Å²) in [6.07, 6.45) is -1.000. The largest absolute Gasteiger partial charge is 0.390 e. The van der Waals surface area contributed by atoms with Crippen LogP contribution in [0, 0.1) is 23.7 Å². The summed E-state index contributed by atoms with van der Waals surface area (Å²) in [4.78, 5) is 0. The van der Waals surface area contributed by atoms with E-state index in [1.165, 1.54) is 19.3 Å². The van der Waals surface area contributed by atoms with E-state index in [1.807, 2.05) is 18.2 Å². The molecule has 2 bridgehead atoms. The van der Waals surface area contributed by atoms with Gasteiger partial charge in [-0.15, -0.1) is 0 Å². The molecule has 0 aliphatic heterocycles. The van der Waals surface area contributed by atoms with Crippen LogP contribution in [0.4, 0.5) is 13.2 Å². The van der Waals surface area contributed by atoms with Crippen molar-refractivity contribution in [1.82, 2.24) is 5.32 Å². The van der Waals surface area contributed by atoms with Crippen LogP contribution in [0.2, 0.25) is 0 Å². The van der Waals surface area contributed by atoms with E-state index < -0.39 is 18.6 Å². The highest BCUT2D eigenvalue weighted by Gasteiger charge is 2.65. The number of nitrogens with one attached hydrogen (secondary N) is 1. The molecule has 3 aliphatic rings. The molecule has 0 heterocycles. The van der Waals surface area contributed by atoms with Crippen LogP contribution in [-0.4, -0.2) is 12.2 Å². The number of halogens is 3. The van der Waals surface area contributed by atoms with Crippen LogP contribution >= 0.6 is 0 Å². The van der Waals surface area contributed by atoms with Crippen LogP contribution in [0.25, 0.3) is 0 Å². The van der Waals surface area contributed by atoms with Gasteiger partial charge in [-0.2, -0.15) is 13.2 Å². The minimum absolute atomic E-state index is 0.323. The van der Waals surface area contributed by atoms with E-state index in [2.05, 4.69) is 5.32 Å². The Morgan fingerprint density at radius 3 is 2.24 bits per heavy atom. The van der Waals surface area contributed by atoms with E-state index >= 15 is 0 Å². The Labute approximate surface area is 122 Å². The fraction of sp³-hybridized carbons (Fsp3) is 0.647. The number of fused-ring (bicyclic) bond motifs is 5. The second-order valence-corrected chi connectivity index (χ2v) is 6.96. The molecule has 5 atom stereocenters. The molecule has 3 aliphatic carbocycles. The maximum atomic E-state index is 12.9. The van der Waals surface area contributed by atoms with Crippen LogP contribution in [0.1, 0.15) is 37.3 Å². The zero-order valence-electron chi connectivity index (χ0n) is 11.8. The Balaban J connectivity index is 1.49. The van der Waals surface area contributed by atoms with Crippen molar-refractivity contribution in [2.75, 3.05) is 0 Å². The molecule has 4 heteroatoms. The Kier molecular flexibility index (Phi) is 3.07. The minimum Gasteiger partial charge on any atom is -0.306 e. The van der Waals surface area contributed by atoms with Gasteiger partial charge in [0.15, 0.2) is 0 Å². The molecule has 0 aromatic heterocycles. The lowest BCUT2D eigenvalue weighted by Crippen LogP contribution is -2.31. The standard InChI is InChI=1S/C17H20F3N/c18-17(19,20)9-13(10-4-2-1-3-5-10)21-16-14-11-6-7-12(8-11)15(14)16/h1-5,11-16,21H,6-9H2. The lowest BCUT2D eigenvalue weighted by molar-refractivity contribution is -0.140. The molecule has 1 N–H and O–H groups in total. The van der Waals surface area contributed by atoms with E-state index in [9.17, 15) is 13.2 Å². The van der Waals surface area contributed by atoms with E-state index in [0.717, 1.165) is 17.4 Å². The average molecular weight is 295 g/mol. The van der Waals surface area contributed by atoms with Gasteiger partial charge in [-0.1, -0.05) is 30.3 Å². The molecule has 0 saturated heterocycles. The summed E-state index contributed by atoms with van der Waals surface area (Å²) >= 11 is 0. The highest BCUT2D eigenvalue weighted by molar-refractivity contribution is 5.23. The summed E-state index contributed by atoms with van der Waals surface area (Å²) in [7, 11) is 0. The Morgan fingerprint density at radius 1 is 1.05 bits per heavy atom. The molecule has 4 rings (SSSR count). The second-order valence-electron chi connectivity index (χ2n) is 6.96. The predicted molar refractivity (Wildman–Crippen MR) is 74.6 cm³/mol. The van der Waals surface area contributed by atoms with Crippen LogP contribution < -0.4 is 5.32 Å². The van der Waals surface area contributed by atoms with Crippen molar-refractivity contribution in [2.45, 2.75) is 43.9 Å². The summed E-state index contributed by atoms with van der Waals surface area (Å²) in [5.41, 5.74) is 0.757. The zero-order valence-corrected chi connectivity index (χ0v) is 11.8. The van der Waals surface area contributed by atoms with E-state index in [-0.39, 0.29) is 0 Å².